The first kappa shape index (κ1) is 13.6. The van der Waals surface area contributed by atoms with Crippen molar-refractivity contribution in [3.63, 3.8) is 0 Å². The molecule has 4 nitrogen and oxygen atoms in total. The van der Waals surface area contributed by atoms with Crippen LogP contribution in [0.3, 0.4) is 0 Å². The van der Waals surface area contributed by atoms with E-state index >= 15 is 0 Å². The summed E-state index contributed by atoms with van der Waals surface area (Å²) in [6, 6.07) is 1.23. The van der Waals surface area contributed by atoms with Crippen molar-refractivity contribution in [3.05, 3.63) is 51.7 Å². The highest BCUT2D eigenvalue weighted by Crippen LogP contribution is 2.16. The molecule has 0 atom stereocenters. The third-order valence-electron chi connectivity index (χ3n) is 2.33. The number of benzene rings is 1. The van der Waals surface area contributed by atoms with Crippen LogP contribution in [0.15, 0.2) is 28.3 Å². The van der Waals surface area contributed by atoms with E-state index in [1.165, 1.54) is 4.68 Å². The summed E-state index contributed by atoms with van der Waals surface area (Å²) in [4.78, 5) is 14.7. The normalized spacial score (nSPS) is 10.7. The standard InChI is InChI=1S/C11H8F3N3OS/c1-19-11-16-10(18)4-15-17(11)5-6-2-8(13)9(14)3-7(6)12/h2-4H,5H2,1H3. The fourth-order valence-corrected chi connectivity index (χ4v) is 1.96. The van der Waals surface area contributed by atoms with Crippen molar-refractivity contribution in [2.45, 2.75) is 11.7 Å². The molecular formula is C11H8F3N3OS. The summed E-state index contributed by atoms with van der Waals surface area (Å²) >= 11 is 1.14. The zero-order valence-corrected chi connectivity index (χ0v) is 10.5. The molecule has 0 saturated carbocycles. The molecule has 1 aromatic carbocycles. The van der Waals surface area contributed by atoms with Gasteiger partial charge in [-0.05, 0) is 12.3 Å². The quantitative estimate of drug-likeness (QED) is 0.638. The highest BCUT2D eigenvalue weighted by atomic mass is 32.2. The lowest BCUT2D eigenvalue weighted by Gasteiger charge is -2.09. The van der Waals surface area contributed by atoms with Crippen molar-refractivity contribution in [2.24, 2.45) is 0 Å². The van der Waals surface area contributed by atoms with Gasteiger partial charge in [0.25, 0.3) is 5.56 Å². The maximum Gasteiger partial charge on any atom is 0.292 e. The van der Waals surface area contributed by atoms with Gasteiger partial charge in [0, 0.05) is 11.6 Å². The predicted molar refractivity (Wildman–Crippen MR) is 63.5 cm³/mol. The van der Waals surface area contributed by atoms with Gasteiger partial charge in [-0.15, -0.1) is 0 Å². The molecule has 0 spiro atoms. The first-order chi connectivity index (χ1) is 9.01. The summed E-state index contributed by atoms with van der Waals surface area (Å²) in [6.07, 6.45) is 2.64. The zero-order chi connectivity index (χ0) is 14.0. The molecule has 0 radical (unpaired) electrons. The molecule has 19 heavy (non-hydrogen) atoms. The molecule has 2 aromatic rings. The third kappa shape index (κ3) is 2.95. The van der Waals surface area contributed by atoms with Crippen molar-refractivity contribution >= 4 is 11.8 Å². The Kier molecular flexibility index (Phi) is 3.89. The lowest BCUT2D eigenvalue weighted by Crippen LogP contribution is -2.18. The zero-order valence-electron chi connectivity index (χ0n) is 9.73. The minimum absolute atomic E-state index is 0.0767. The van der Waals surface area contributed by atoms with Gasteiger partial charge in [-0.2, -0.15) is 10.1 Å². The van der Waals surface area contributed by atoms with Crippen LogP contribution in [-0.4, -0.2) is 21.0 Å². The van der Waals surface area contributed by atoms with E-state index in [0.717, 1.165) is 24.0 Å². The van der Waals surface area contributed by atoms with Crippen LogP contribution in [0.25, 0.3) is 0 Å². The van der Waals surface area contributed by atoms with Crippen molar-refractivity contribution in [1.29, 1.82) is 0 Å². The number of halogens is 3. The molecule has 0 aliphatic rings. The Hall–Kier alpha value is -1.83. The number of hydrogen-bond donors (Lipinski definition) is 0. The van der Waals surface area contributed by atoms with Gasteiger partial charge in [0.2, 0.25) is 0 Å². The van der Waals surface area contributed by atoms with Crippen molar-refractivity contribution in [3.8, 4) is 0 Å². The van der Waals surface area contributed by atoms with Gasteiger partial charge in [0.05, 0.1) is 6.54 Å². The molecule has 0 amide bonds. The molecule has 8 heteroatoms. The van der Waals surface area contributed by atoms with E-state index in [0.29, 0.717) is 6.07 Å². The molecule has 0 aliphatic carbocycles. The summed E-state index contributed by atoms with van der Waals surface area (Å²) in [5, 5.41) is 4.04. The van der Waals surface area contributed by atoms with Crippen LogP contribution in [0.4, 0.5) is 13.2 Å². The molecule has 1 aromatic heterocycles. The lowest BCUT2D eigenvalue weighted by molar-refractivity contribution is 0.479. The minimum atomic E-state index is -1.25. The van der Waals surface area contributed by atoms with Crippen LogP contribution in [0.2, 0.25) is 0 Å². The molecule has 2 rings (SSSR count). The van der Waals surface area contributed by atoms with Gasteiger partial charge in [-0.1, -0.05) is 11.8 Å². The topological polar surface area (TPSA) is 47.8 Å². The average Bonchev–Trinajstić information content (AvgIpc) is 2.37. The molecule has 100 valence electrons. The molecule has 0 saturated heterocycles. The van der Waals surface area contributed by atoms with Crippen molar-refractivity contribution in [1.82, 2.24) is 14.8 Å². The summed E-state index contributed by atoms with van der Waals surface area (Å²) in [7, 11) is 0. The Morgan fingerprint density at radius 2 is 1.89 bits per heavy atom. The number of aromatic nitrogens is 3. The summed E-state index contributed by atoms with van der Waals surface area (Å²) < 4.78 is 40.6. The van der Waals surface area contributed by atoms with E-state index in [1.807, 2.05) is 0 Å². The van der Waals surface area contributed by atoms with Crippen LogP contribution >= 0.6 is 11.8 Å². The van der Waals surface area contributed by atoms with E-state index < -0.39 is 23.0 Å². The first-order valence-corrected chi connectivity index (χ1v) is 6.35. The fraction of sp³-hybridized carbons (Fsp3) is 0.182. The highest BCUT2D eigenvalue weighted by molar-refractivity contribution is 7.98. The number of rotatable bonds is 3. The molecule has 0 aliphatic heterocycles. The van der Waals surface area contributed by atoms with E-state index in [1.54, 1.807) is 6.26 Å². The number of hydrogen-bond acceptors (Lipinski definition) is 4. The van der Waals surface area contributed by atoms with Crippen molar-refractivity contribution in [2.75, 3.05) is 6.26 Å². The first-order valence-electron chi connectivity index (χ1n) is 5.13. The van der Waals surface area contributed by atoms with E-state index in [4.69, 9.17) is 0 Å². The van der Waals surface area contributed by atoms with Gasteiger partial charge in [0.1, 0.15) is 12.0 Å². The van der Waals surface area contributed by atoms with Gasteiger partial charge in [-0.3, -0.25) is 4.79 Å². The molecule has 0 N–H and O–H groups in total. The molecule has 0 fully saturated rings. The Balaban J connectivity index is 2.41. The summed E-state index contributed by atoms with van der Waals surface area (Å²) in [6.45, 7) is -0.146. The van der Waals surface area contributed by atoms with Crippen LogP contribution in [0, 0.1) is 17.5 Å². The fourth-order valence-electron chi connectivity index (χ4n) is 1.46. The monoisotopic (exact) mass is 287 g/mol. The highest BCUT2D eigenvalue weighted by Gasteiger charge is 2.12. The van der Waals surface area contributed by atoms with E-state index in [2.05, 4.69) is 10.1 Å². The maximum atomic E-state index is 13.5. The molecule has 1 heterocycles. The second kappa shape index (κ2) is 5.43. The molecule has 0 unspecified atom stereocenters. The minimum Gasteiger partial charge on any atom is -0.266 e. The van der Waals surface area contributed by atoms with E-state index in [9.17, 15) is 18.0 Å². The van der Waals surface area contributed by atoms with Gasteiger partial charge in [0.15, 0.2) is 16.8 Å². The maximum absolute atomic E-state index is 13.5. The van der Waals surface area contributed by atoms with Crippen LogP contribution in [0.1, 0.15) is 5.56 Å². The Morgan fingerprint density at radius 1 is 1.21 bits per heavy atom. The second-order valence-electron chi connectivity index (χ2n) is 3.60. The molecule has 0 bridgehead atoms. The molecular weight excluding hydrogens is 279 g/mol. The van der Waals surface area contributed by atoms with Gasteiger partial charge < -0.3 is 0 Å². The lowest BCUT2D eigenvalue weighted by atomic mass is 10.2. The Bertz CT molecular complexity index is 675. The van der Waals surface area contributed by atoms with Gasteiger partial charge in [-0.25, -0.2) is 17.9 Å². The number of thioether (sulfide) groups is 1. The van der Waals surface area contributed by atoms with Crippen LogP contribution < -0.4 is 5.56 Å². The average molecular weight is 287 g/mol. The summed E-state index contributed by atoms with van der Waals surface area (Å²) in [5.74, 6) is -3.28. The SMILES string of the molecule is CSc1nc(=O)cnn1Cc1cc(F)c(F)cc1F. The largest absolute Gasteiger partial charge is 0.292 e. The number of nitrogens with zero attached hydrogens (tertiary/aromatic N) is 3. The summed E-state index contributed by atoms with van der Waals surface area (Å²) in [5.41, 5.74) is -0.599. The van der Waals surface area contributed by atoms with Crippen LogP contribution in [0.5, 0.6) is 0 Å². The smallest absolute Gasteiger partial charge is 0.266 e. The van der Waals surface area contributed by atoms with Crippen molar-refractivity contribution < 1.29 is 13.2 Å². The predicted octanol–water partition coefficient (Wildman–Crippen LogP) is 1.83. The van der Waals surface area contributed by atoms with Gasteiger partial charge >= 0.3 is 0 Å². The Labute approximate surface area is 110 Å². The Morgan fingerprint density at radius 3 is 2.58 bits per heavy atom. The van der Waals surface area contributed by atoms with Crippen LogP contribution in [-0.2, 0) is 6.54 Å². The van der Waals surface area contributed by atoms with E-state index in [-0.39, 0.29) is 17.3 Å². The second-order valence-corrected chi connectivity index (χ2v) is 4.37. The third-order valence-corrected chi connectivity index (χ3v) is 2.99.